The van der Waals surface area contributed by atoms with Crippen molar-refractivity contribution >= 4 is 11.9 Å². The molecule has 0 aliphatic heterocycles. The van der Waals surface area contributed by atoms with Crippen molar-refractivity contribution in [2.45, 2.75) is 19.9 Å². The number of hydrogen-bond donors (Lipinski definition) is 2. The van der Waals surface area contributed by atoms with Gasteiger partial charge in [-0.3, -0.25) is 0 Å². The van der Waals surface area contributed by atoms with Gasteiger partial charge in [0.15, 0.2) is 6.54 Å². The van der Waals surface area contributed by atoms with Crippen LogP contribution in [-0.4, -0.2) is 75.0 Å². The van der Waals surface area contributed by atoms with Crippen LogP contribution >= 0.6 is 0 Å². The fraction of sp³-hybridized carbons (Fsp3) is 0.714. The molecule has 0 rings (SSSR count). The van der Waals surface area contributed by atoms with E-state index in [9.17, 15) is 14.7 Å². The summed E-state index contributed by atoms with van der Waals surface area (Å²) in [5.41, 5.74) is 0.952. The van der Waals surface area contributed by atoms with Gasteiger partial charge < -0.3 is 29.5 Å². The summed E-state index contributed by atoms with van der Waals surface area (Å²) in [7, 11) is 5.52. The van der Waals surface area contributed by atoms with E-state index < -0.39 is 18.0 Å². The number of rotatable bonds is 9. The van der Waals surface area contributed by atoms with Crippen LogP contribution < -0.4 is 10.4 Å². The highest BCUT2D eigenvalue weighted by atomic mass is 16.5. The molecule has 7 nitrogen and oxygen atoms in total. The molecule has 0 aromatic carbocycles. The molecule has 0 aromatic rings. The molecular weight excluding hydrogens is 276 g/mol. The lowest BCUT2D eigenvalue weighted by Gasteiger charge is -2.20. The standard InChI is InChI=1S/C9H17NO3.C5H11NO2/c1-7(2)6-13-5-4-10-8(3)9(11)12;1-6(2,3)4-5(7)8/h8,10H,1,4-6H2,2-3H3,(H,11,12);4H2,1-3H3. The number of likely N-dealkylation sites (N-methyl/N-ethyl adjacent to an activating group) is 1. The molecule has 21 heavy (non-hydrogen) atoms. The van der Waals surface area contributed by atoms with E-state index in [1.54, 1.807) is 0 Å². The van der Waals surface area contributed by atoms with Gasteiger partial charge in [-0.05, 0) is 13.8 Å². The third-order valence-electron chi connectivity index (χ3n) is 2.01. The van der Waals surface area contributed by atoms with Crippen molar-refractivity contribution in [3.05, 3.63) is 12.2 Å². The number of carbonyl (C=O) groups excluding carboxylic acids is 1. The molecule has 7 heteroatoms. The fourth-order valence-electron chi connectivity index (χ4n) is 1.08. The maximum atomic E-state index is 10.2. The number of carboxylic acid groups (broad SMARTS) is 2. The van der Waals surface area contributed by atoms with Crippen LogP contribution in [0.5, 0.6) is 0 Å². The fourth-order valence-corrected chi connectivity index (χ4v) is 1.08. The van der Waals surface area contributed by atoms with Crippen LogP contribution in [0.1, 0.15) is 13.8 Å². The van der Waals surface area contributed by atoms with Crippen molar-refractivity contribution in [1.82, 2.24) is 5.32 Å². The smallest absolute Gasteiger partial charge is 0.359 e. The van der Waals surface area contributed by atoms with Crippen molar-refractivity contribution in [2.75, 3.05) is 47.4 Å². The first-order chi connectivity index (χ1) is 9.45. The Bertz CT molecular complexity index is 337. The molecule has 0 amide bonds. The molecule has 0 bridgehead atoms. The lowest BCUT2D eigenvalue weighted by Crippen LogP contribution is -2.44. The van der Waals surface area contributed by atoms with Crippen LogP contribution in [0.25, 0.3) is 0 Å². The Kier molecular flexibility index (Phi) is 11.7. The van der Waals surface area contributed by atoms with E-state index in [0.717, 1.165) is 5.57 Å². The van der Waals surface area contributed by atoms with Gasteiger partial charge in [-0.15, -0.1) is 0 Å². The maximum Gasteiger partial charge on any atom is 0.359 e. The van der Waals surface area contributed by atoms with Gasteiger partial charge in [0, 0.05) is 12.6 Å². The summed E-state index contributed by atoms with van der Waals surface area (Å²) in [4.78, 5) is 20.2. The Balaban J connectivity index is 0. The van der Waals surface area contributed by atoms with E-state index in [-0.39, 0.29) is 6.54 Å². The van der Waals surface area contributed by atoms with Crippen molar-refractivity contribution in [2.24, 2.45) is 0 Å². The summed E-state index contributed by atoms with van der Waals surface area (Å²) in [6, 6.07) is -0.631. The van der Waals surface area contributed by atoms with Gasteiger partial charge in [0.2, 0.25) is 0 Å². The maximum absolute atomic E-state index is 10.2. The number of carboxylic acids is 2. The van der Waals surface area contributed by atoms with Crippen molar-refractivity contribution < 1.29 is 29.0 Å². The SMILES string of the molecule is C=C(C)COCCNC(C)C(=O)[O-].C[N+](C)(C)CC(=O)O. The second-order valence-corrected chi connectivity index (χ2v) is 5.85. The average molecular weight is 304 g/mol. The minimum absolute atomic E-state index is 0.181. The Morgan fingerprint density at radius 2 is 1.90 bits per heavy atom. The normalized spacial score (nSPS) is 12.0. The van der Waals surface area contributed by atoms with E-state index in [2.05, 4.69) is 11.9 Å². The summed E-state index contributed by atoms with van der Waals surface area (Å²) in [6.07, 6.45) is 0. The number of nitrogens with zero attached hydrogens (tertiary/aromatic N) is 1. The zero-order valence-corrected chi connectivity index (χ0v) is 13.6. The Labute approximate surface area is 126 Å². The largest absolute Gasteiger partial charge is 0.548 e. The minimum Gasteiger partial charge on any atom is -0.548 e. The minimum atomic E-state index is -1.10. The monoisotopic (exact) mass is 304 g/mol. The van der Waals surface area contributed by atoms with E-state index in [0.29, 0.717) is 24.2 Å². The van der Waals surface area contributed by atoms with E-state index in [1.807, 2.05) is 28.1 Å². The summed E-state index contributed by atoms with van der Waals surface area (Å²) in [6.45, 7) is 8.75. The van der Waals surface area contributed by atoms with Crippen LogP contribution in [0.2, 0.25) is 0 Å². The van der Waals surface area contributed by atoms with Gasteiger partial charge in [0.25, 0.3) is 0 Å². The molecule has 0 heterocycles. The van der Waals surface area contributed by atoms with Gasteiger partial charge in [-0.2, -0.15) is 0 Å². The van der Waals surface area contributed by atoms with Crippen molar-refractivity contribution in [1.29, 1.82) is 0 Å². The van der Waals surface area contributed by atoms with Gasteiger partial charge in [-0.25, -0.2) is 4.79 Å². The molecular formula is C14H28N2O5. The molecule has 124 valence electrons. The van der Waals surface area contributed by atoms with Gasteiger partial charge >= 0.3 is 5.97 Å². The lowest BCUT2D eigenvalue weighted by atomic mass is 10.3. The highest BCUT2D eigenvalue weighted by Gasteiger charge is 2.11. The molecule has 0 fully saturated rings. The summed E-state index contributed by atoms with van der Waals surface area (Å²) >= 11 is 0. The van der Waals surface area contributed by atoms with Gasteiger partial charge in [0.1, 0.15) is 0 Å². The number of carbonyl (C=O) groups is 2. The highest BCUT2D eigenvalue weighted by molar-refractivity contribution is 5.70. The first kappa shape index (κ1) is 21.9. The van der Waals surface area contributed by atoms with Crippen LogP contribution in [0.15, 0.2) is 12.2 Å². The quantitative estimate of drug-likeness (QED) is 0.325. The van der Waals surface area contributed by atoms with Crippen LogP contribution in [0, 0.1) is 0 Å². The third-order valence-corrected chi connectivity index (χ3v) is 2.01. The topological polar surface area (TPSA) is 98.7 Å². The molecule has 0 spiro atoms. The molecule has 0 aliphatic carbocycles. The Hall–Kier alpha value is -1.44. The number of hydrogen-bond acceptors (Lipinski definition) is 5. The van der Waals surface area contributed by atoms with Gasteiger partial charge in [0.05, 0.1) is 40.3 Å². The first-order valence-corrected chi connectivity index (χ1v) is 6.64. The summed E-state index contributed by atoms with van der Waals surface area (Å²) in [5, 5.41) is 21.2. The predicted octanol–water partition coefficient (Wildman–Crippen LogP) is -0.916. The van der Waals surface area contributed by atoms with E-state index in [1.165, 1.54) is 6.92 Å². The van der Waals surface area contributed by atoms with Crippen molar-refractivity contribution in [3.8, 4) is 0 Å². The van der Waals surface area contributed by atoms with E-state index >= 15 is 0 Å². The molecule has 1 atom stereocenters. The summed E-state index contributed by atoms with van der Waals surface area (Å²) in [5.74, 6) is -1.85. The van der Waals surface area contributed by atoms with Crippen LogP contribution in [0.3, 0.4) is 0 Å². The second kappa shape index (κ2) is 11.2. The number of aliphatic carboxylic acids is 2. The predicted molar refractivity (Wildman–Crippen MR) is 78.6 cm³/mol. The zero-order valence-electron chi connectivity index (χ0n) is 13.6. The Morgan fingerprint density at radius 1 is 1.38 bits per heavy atom. The lowest BCUT2D eigenvalue weighted by molar-refractivity contribution is -0.862. The molecule has 0 saturated heterocycles. The average Bonchev–Trinajstić information content (AvgIpc) is 2.24. The van der Waals surface area contributed by atoms with Crippen molar-refractivity contribution in [3.63, 3.8) is 0 Å². The zero-order chi connectivity index (χ0) is 17.1. The Morgan fingerprint density at radius 3 is 2.19 bits per heavy atom. The van der Waals surface area contributed by atoms with E-state index in [4.69, 9.17) is 9.84 Å². The first-order valence-electron chi connectivity index (χ1n) is 6.64. The van der Waals surface area contributed by atoms with Crippen LogP contribution in [0.4, 0.5) is 0 Å². The highest BCUT2D eigenvalue weighted by Crippen LogP contribution is 1.87. The molecule has 0 aliphatic rings. The van der Waals surface area contributed by atoms with Crippen LogP contribution in [-0.2, 0) is 14.3 Å². The third kappa shape index (κ3) is 21.0. The molecule has 0 saturated carbocycles. The number of ether oxygens (including phenoxy) is 1. The second-order valence-electron chi connectivity index (χ2n) is 5.85. The number of quaternary nitrogens is 1. The number of nitrogens with one attached hydrogen (secondary N) is 1. The molecule has 0 radical (unpaired) electrons. The molecule has 1 unspecified atom stereocenters. The molecule has 0 aromatic heterocycles. The van der Waals surface area contributed by atoms with Gasteiger partial charge in [-0.1, -0.05) is 12.2 Å². The molecule has 2 N–H and O–H groups in total. The summed E-state index contributed by atoms with van der Waals surface area (Å²) < 4.78 is 5.63.